The van der Waals surface area contributed by atoms with Crippen LogP contribution in [0.25, 0.3) is 0 Å². The van der Waals surface area contributed by atoms with E-state index in [2.05, 4.69) is 5.10 Å². The van der Waals surface area contributed by atoms with Crippen molar-refractivity contribution in [3.63, 3.8) is 0 Å². The van der Waals surface area contributed by atoms with Gasteiger partial charge in [-0.25, -0.2) is 0 Å². The van der Waals surface area contributed by atoms with E-state index in [1.165, 1.54) is 12.1 Å². The monoisotopic (exact) mass is 264 g/mol. The third-order valence-corrected chi connectivity index (χ3v) is 2.09. The third kappa shape index (κ3) is 3.18. The molecular weight excluding hydrogens is 248 g/mol. The first-order valence-electron chi connectivity index (χ1n) is 7.92. The molecule has 2 aromatic rings. The molecule has 1 amide bonds. The Morgan fingerprint density at radius 3 is 2.56 bits per heavy atom. The van der Waals surface area contributed by atoms with E-state index in [-0.39, 0.29) is 5.69 Å². The Morgan fingerprint density at radius 1 is 1.28 bits per heavy atom. The van der Waals surface area contributed by atoms with Crippen LogP contribution in [0, 0.1) is 0 Å². The highest BCUT2D eigenvalue weighted by Crippen LogP contribution is 2.15. The van der Waals surface area contributed by atoms with Crippen molar-refractivity contribution in [1.82, 2.24) is 0 Å². The summed E-state index contributed by atoms with van der Waals surface area (Å²) in [6, 6.07) is 5.12. The van der Waals surface area contributed by atoms with Crippen molar-refractivity contribution >= 4 is 28.8 Å². The maximum absolute atomic E-state index is 11.6. The molecule has 2 rings (SSSR count). The van der Waals surface area contributed by atoms with Crippen molar-refractivity contribution in [2.24, 2.45) is 5.10 Å². The smallest absolute Gasteiger partial charge is 0.253 e. The van der Waals surface area contributed by atoms with Crippen LogP contribution >= 0.6 is 11.6 Å². The zero-order chi connectivity index (χ0) is 18.0. The first-order valence-corrected chi connectivity index (χ1v) is 5.30. The molecule has 0 atom stereocenters. The molecule has 90 valence electrons. The Balaban J connectivity index is 2.60. The fourth-order valence-corrected chi connectivity index (χ4v) is 1.31. The van der Waals surface area contributed by atoms with Gasteiger partial charge < -0.3 is 0 Å². The normalized spacial score (nSPS) is 15.7. The minimum atomic E-state index is -1.00. The van der Waals surface area contributed by atoms with Gasteiger partial charge in [0.15, 0.2) is 0 Å². The van der Waals surface area contributed by atoms with Gasteiger partial charge in [0.2, 0.25) is 0 Å². The zero-order valence-corrected chi connectivity index (χ0v) is 9.82. The van der Waals surface area contributed by atoms with E-state index in [4.69, 9.17) is 19.8 Å². The van der Waals surface area contributed by atoms with Crippen LogP contribution in [0.5, 0.6) is 0 Å². The van der Waals surface area contributed by atoms with Crippen molar-refractivity contribution in [1.29, 1.82) is 0 Å². The number of carbonyl (C=O) groups excluding carboxylic acids is 1. The van der Waals surface area contributed by atoms with Crippen LogP contribution in [0.4, 0.5) is 10.5 Å². The van der Waals surface area contributed by atoms with E-state index in [9.17, 15) is 4.79 Å². The van der Waals surface area contributed by atoms with Crippen LogP contribution < -0.4 is 5.01 Å². The zero-order valence-electron chi connectivity index (χ0n) is 15.1. The average molecular weight is 265 g/mol. The van der Waals surface area contributed by atoms with Crippen LogP contribution in [0.15, 0.2) is 65.6 Å². The highest BCUT2D eigenvalue weighted by atomic mass is 35.5. The molecule has 0 heterocycles. The summed E-state index contributed by atoms with van der Waals surface area (Å²) in [6.07, 6.45) is -0.676. The molecule has 0 N–H and O–H groups in total. The van der Waals surface area contributed by atoms with Crippen molar-refractivity contribution in [2.75, 3.05) is 5.01 Å². The number of amides is 1. The summed E-state index contributed by atoms with van der Waals surface area (Å²) in [7, 11) is 0. The van der Waals surface area contributed by atoms with E-state index in [0.29, 0.717) is 5.01 Å². The van der Waals surface area contributed by atoms with E-state index in [0.717, 1.165) is 0 Å². The molecule has 3 nitrogen and oxygen atoms in total. The lowest BCUT2D eigenvalue weighted by Gasteiger charge is -2.12. The van der Waals surface area contributed by atoms with Gasteiger partial charge in [0.1, 0.15) is 0 Å². The van der Waals surface area contributed by atoms with E-state index in [1.54, 1.807) is 18.2 Å². The van der Waals surface area contributed by atoms with E-state index >= 15 is 0 Å². The summed E-state index contributed by atoms with van der Waals surface area (Å²) >= 11 is 5.48. The highest BCUT2D eigenvalue weighted by molar-refractivity contribution is 6.66. The standard InChI is InChI=1S/C14H11ClN2O/c15-14(18)17(13-9-5-2-6-10-13)16-11-12-7-3-1-4-8-12/h1-11H/b16-11+/i1D,3D,4D,7D,8D,11D. The molecule has 0 aliphatic rings. The van der Waals surface area contributed by atoms with Gasteiger partial charge in [-0.15, -0.1) is 0 Å². The van der Waals surface area contributed by atoms with Gasteiger partial charge in [0, 0.05) is 0 Å². The topological polar surface area (TPSA) is 32.7 Å². The molecule has 0 saturated carbocycles. The lowest BCUT2D eigenvalue weighted by atomic mass is 10.2. The van der Waals surface area contributed by atoms with Gasteiger partial charge in [0.25, 0.3) is 0 Å². The maximum atomic E-state index is 11.6. The number of anilines is 1. The number of carbonyl (C=O) groups is 1. The number of halogens is 1. The summed E-state index contributed by atoms with van der Waals surface area (Å²) in [5.41, 5.74) is -0.144. The quantitative estimate of drug-likeness (QED) is 0.358. The van der Waals surface area contributed by atoms with Crippen molar-refractivity contribution in [3.05, 3.63) is 66.1 Å². The van der Waals surface area contributed by atoms with Gasteiger partial charge in [-0.2, -0.15) is 10.1 Å². The molecule has 0 aromatic heterocycles. The molecule has 0 spiro atoms. The number of hydrogen-bond donors (Lipinski definition) is 0. The van der Waals surface area contributed by atoms with Gasteiger partial charge in [-0.3, -0.25) is 4.79 Å². The molecule has 18 heavy (non-hydrogen) atoms. The predicted octanol–water partition coefficient (Wildman–Crippen LogP) is 3.89. The van der Waals surface area contributed by atoms with Crippen molar-refractivity contribution in [3.8, 4) is 0 Å². The Kier molecular flexibility index (Phi) is 2.23. The summed E-state index contributed by atoms with van der Waals surface area (Å²) < 4.78 is 46.3. The predicted molar refractivity (Wildman–Crippen MR) is 74.2 cm³/mol. The minimum Gasteiger partial charge on any atom is -0.253 e. The van der Waals surface area contributed by atoms with E-state index in [1.807, 2.05) is 0 Å². The molecule has 0 saturated heterocycles. The Labute approximate surface area is 119 Å². The number of rotatable bonds is 3. The number of para-hydroxylation sites is 1. The number of hydrazone groups is 1. The maximum Gasteiger partial charge on any atom is 0.341 e. The Bertz CT molecular complexity index is 799. The molecule has 0 radical (unpaired) electrons. The second kappa shape index (κ2) is 5.98. The van der Waals surface area contributed by atoms with Crippen LogP contribution in [-0.2, 0) is 0 Å². The third-order valence-electron chi connectivity index (χ3n) is 1.93. The highest BCUT2D eigenvalue weighted by Gasteiger charge is 2.10. The molecule has 0 bridgehead atoms. The van der Waals surface area contributed by atoms with E-state index < -0.39 is 47.3 Å². The number of nitrogens with zero attached hydrogens (tertiary/aromatic N) is 2. The summed E-state index contributed by atoms with van der Waals surface area (Å²) in [6.45, 7) is 0. The first-order chi connectivity index (χ1) is 11.3. The lowest BCUT2D eigenvalue weighted by Crippen LogP contribution is -2.18. The summed E-state index contributed by atoms with van der Waals surface area (Å²) in [5.74, 6) is 0. The first kappa shape index (κ1) is 6.71. The number of hydrogen-bond acceptors (Lipinski definition) is 2. The van der Waals surface area contributed by atoms with Gasteiger partial charge in [0.05, 0.1) is 20.1 Å². The van der Waals surface area contributed by atoms with Crippen molar-refractivity contribution < 1.29 is 13.0 Å². The lowest BCUT2D eigenvalue weighted by molar-refractivity contribution is 0.264. The molecule has 0 fully saturated rings. The van der Waals surface area contributed by atoms with Crippen molar-refractivity contribution in [2.45, 2.75) is 0 Å². The second-order valence-electron chi connectivity index (χ2n) is 3.11. The molecule has 4 heteroatoms. The Morgan fingerprint density at radius 2 is 1.94 bits per heavy atom. The molecule has 0 unspecified atom stereocenters. The summed E-state index contributed by atoms with van der Waals surface area (Å²) in [4.78, 5) is 11.6. The Hall–Kier alpha value is -2.13. The number of benzene rings is 2. The molecule has 0 aliphatic heterocycles. The summed E-state index contributed by atoms with van der Waals surface area (Å²) in [5, 5.41) is 3.43. The van der Waals surface area contributed by atoms with Crippen LogP contribution in [-0.4, -0.2) is 11.6 Å². The minimum absolute atomic E-state index is 0.273. The largest absolute Gasteiger partial charge is 0.341 e. The molecule has 0 aliphatic carbocycles. The molecular formula is C14H11ClN2O. The van der Waals surface area contributed by atoms with Gasteiger partial charge in [-0.1, -0.05) is 48.4 Å². The van der Waals surface area contributed by atoms with Gasteiger partial charge >= 0.3 is 5.37 Å². The fourth-order valence-electron chi connectivity index (χ4n) is 1.17. The SMILES string of the molecule is [2H]/C(=N\N(C(=O)Cl)c1ccccc1)c1c([2H])c([2H])c([2H])c([2H])c1[2H]. The van der Waals surface area contributed by atoms with Crippen LogP contribution in [0.3, 0.4) is 0 Å². The van der Waals surface area contributed by atoms with Gasteiger partial charge in [-0.05, 0) is 29.3 Å². The molecule has 2 aromatic carbocycles. The average Bonchev–Trinajstić information content (AvgIpc) is 2.56. The van der Waals surface area contributed by atoms with Crippen LogP contribution in [0.2, 0.25) is 0 Å². The fraction of sp³-hybridized carbons (Fsp3) is 0. The van der Waals surface area contributed by atoms with Crippen LogP contribution in [0.1, 0.15) is 13.8 Å². The second-order valence-corrected chi connectivity index (χ2v) is 3.44.